The van der Waals surface area contributed by atoms with Crippen LogP contribution < -0.4 is 9.47 Å². The molecule has 9 nitrogen and oxygen atoms in total. The van der Waals surface area contributed by atoms with Gasteiger partial charge in [-0.3, -0.25) is 24.0 Å². The second-order valence-corrected chi connectivity index (χ2v) is 19.7. The van der Waals surface area contributed by atoms with Crippen LogP contribution in [0.25, 0.3) is 0 Å². The molecule has 0 amide bonds. The molecule has 3 aromatic rings. The number of carbonyl (C=O) groups excluding carboxylic acids is 5. The molecule has 1 aliphatic heterocycles. The van der Waals surface area contributed by atoms with Crippen molar-refractivity contribution in [2.75, 3.05) is 11.5 Å². The number of allylic oxidation sites excluding steroid dienone is 1. The number of rotatable bonds is 16. The summed E-state index contributed by atoms with van der Waals surface area (Å²) in [6.07, 6.45) is 10.00. The maximum absolute atomic E-state index is 14.2. The molecule has 0 bridgehead atoms. The first-order valence-corrected chi connectivity index (χ1v) is 24.8. The van der Waals surface area contributed by atoms with Crippen LogP contribution in [0.2, 0.25) is 0 Å². The fourth-order valence-corrected chi connectivity index (χ4v) is 11.9. The van der Waals surface area contributed by atoms with E-state index in [1.54, 1.807) is 35.7 Å². The molecule has 0 aromatic heterocycles. The van der Waals surface area contributed by atoms with Gasteiger partial charge in [-0.25, -0.2) is 0 Å². The second kappa shape index (κ2) is 21.8. The third-order valence-electron chi connectivity index (χ3n) is 12.7. The maximum Gasteiger partial charge on any atom is 0.314 e. The van der Waals surface area contributed by atoms with Crippen molar-refractivity contribution in [3.8, 4) is 11.5 Å². The Balaban J connectivity index is 0.924. The van der Waals surface area contributed by atoms with Crippen LogP contribution in [-0.4, -0.2) is 53.4 Å². The van der Waals surface area contributed by atoms with Crippen molar-refractivity contribution in [2.24, 2.45) is 11.8 Å². The van der Waals surface area contributed by atoms with E-state index in [9.17, 15) is 24.0 Å². The average Bonchev–Trinajstić information content (AvgIpc) is 3.90. The SMILES string of the molecule is CCCc1ccc(CCC(=O)OC2CCC(C(=O)Oc3ccc(OC(=O)C4CCC(OC(=O)CCc5ccc(CCC)cc5)CC4)c4c3C(=O)C(=C3SCCS3)C4C)CC2)cc1. The van der Waals surface area contributed by atoms with Crippen molar-refractivity contribution in [1.82, 2.24) is 0 Å². The van der Waals surface area contributed by atoms with Gasteiger partial charge in [0.1, 0.15) is 23.7 Å². The van der Waals surface area contributed by atoms with Gasteiger partial charge in [0.25, 0.3) is 0 Å². The van der Waals surface area contributed by atoms with Crippen LogP contribution >= 0.6 is 23.5 Å². The standard InChI is InChI=1S/C51H60O9S2/c1-4-6-33-8-12-35(13-9-33)16-28-43(52)57-39-22-18-37(19-23-39)49(55)59-41-26-27-42(47-45(41)32(3)46(48(47)54)51-61-30-31-62-51)60-50(56)38-20-24-40(25-21-38)58-44(53)29-17-36-14-10-34(7-5-2)11-15-36/h8-15,26-27,32,37-40H,4-7,16-25,28-31H2,1-3H3. The lowest BCUT2D eigenvalue weighted by Crippen LogP contribution is -2.30. The van der Waals surface area contributed by atoms with E-state index in [0.29, 0.717) is 93.9 Å². The number of ketones is 1. The minimum absolute atomic E-state index is 0.178. The van der Waals surface area contributed by atoms with Gasteiger partial charge in [-0.2, -0.15) is 0 Å². The second-order valence-electron chi connectivity index (χ2n) is 17.2. The zero-order valence-corrected chi connectivity index (χ0v) is 38.0. The highest BCUT2D eigenvalue weighted by Crippen LogP contribution is 2.52. The first-order valence-electron chi connectivity index (χ1n) is 22.8. The highest BCUT2D eigenvalue weighted by atomic mass is 32.2. The topological polar surface area (TPSA) is 122 Å². The van der Waals surface area contributed by atoms with E-state index in [0.717, 1.165) is 52.6 Å². The quantitative estimate of drug-likeness (QED) is 0.0776. The fraction of sp³-hybridized carbons (Fsp3) is 0.510. The summed E-state index contributed by atoms with van der Waals surface area (Å²) in [5, 5.41) is 0. The number of esters is 4. The summed E-state index contributed by atoms with van der Waals surface area (Å²) < 4.78 is 24.7. The summed E-state index contributed by atoms with van der Waals surface area (Å²) in [7, 11) is 0. The van der Waals surface area contributed by atoms with Crippen molar-refractivity contribution in [3.63, 3.8) is 0 Å². The van der Waals surface area contributed by atoms with Crippen molar-refractivity contribution in [2.45, 2.75) is 142 Å². The number of aryl methyl sites for hydroxylation is 4. The van der Waals surface area contributed by atoms with Crippen LogP contribution in [0.5, 0.6) is 11.5 Å². The summed E-state index contributed by atoms with van der Waals surface area (Å²) in [5.74, 6) is -0.295. The Morgan fingerprint density at radius 3 is 1.40 bits per heavy atom. The first kappa shape index (κ1) is 45.7. The summed E-state index contributed by atoms with van der Waals surface area (Å²) in [5.41, 5.74) is 6.31. The molecular formula is C51H60O9S2. The molecule has 3 aliphatic carbocycles. The number of thioether (sulfide) groups is 2. The lowest BCUT2D eigenvalue weighted by Gasteiger charge is -2.28. The predicted octanol–water partition coefficient (Wildman–Crippen LogP) is 10.9. The van der Waals surface area contributed by atoms with Crippen LogP contribution in [0.4, 0.5) is 0 Å². The largest absolute Gasteiger partial charge is 0.462 e. The van der Waals surface area contributed by atoms with Gasteiger partial charge in [-0.15, -0.1) is 23.5 Å². The van der Waals surface area contributed by atoms with Gasteiger partial charge in [0.2, 0.25) is 0 Å². The number of ether oxygens (including phenoxy) is 4. The van der Waals surface area contributed by atoms with Crippen molar-refractivity contribution in [1.29, 1.82) is 0 Å². The number of fused-ring (bicyclic) bond motifs is 1. The smallest absolute Gasteiger partial charge is 0.314 e. The Bertz CT molecular complexity index is 2100. The monoisotopic (exact) mass is 880 g/mol. The number of hydrogen-bond acceptors (Lipinski definition) is 11. The maximum atomic E-state index is 14.2. The molecule has 0 radical (unpaired) electrons. The number of benzene rings is 3. The number of Topliss-reactive ketones (excluding diaryl/α,β-unsaturated/α-hetero) is 1. The Labute approximate surface area is 374 Å². The molecule has 11 heteroatoms. The number of hydrogen-bond donors (Lipinski definition) is 0. The molecule has 7 rings (SSSR count). The molecule has 1 unspecified atom stereocenters. The Morgan fingerprint density at radius 1 is 0.565 bits per heavy atom. The molecule has 62 heavy (non-hydrogen) atoms. The van der Waals surface area contributed by atoms with Gasteiger partial charge in [0.05, 0.1) is 17.4 Å². The molecule has 4 aliphatic rings. The molecule has 0 spiro atoms. The van der Waals surface area contributed by atoms with E-state index in [4.69, 9.17) is 18.9 Å². The van der Waals surface area contributed by atoms with Gasteiger partial charge in [0, 0.05) is 45.6 Å². The summed E-state index contributed by atoms with van der Waals surface area (Å²) in [6.45, 7) is 6.26. The summed E-state index contributed by atoms with van der Waals surface area (Å²) in [4.78, 5) is 67.0. The zero-order valence-electron chi connectivity index (χ0n) is 36.4. The molecule has 3 fully saturated rings. The van der Waals surface area contributed by atoms with Gasteiger partial charge >= 0.3 is 23.9 Å². The van der Waals surface area contributed by atoms with E-state index < -0.39 is 11.9 Å². The van der Waals surface area contributed by atoms with E-state index in [-0.39, 0.29) is 59.0 Å². The van der Waals surface area contributed by atoms with Crippen molar-refractivity contribution in [3.05, 3.63) is 104 Å². The third kappa shape index (κ3) is 11.6. The van der Waals surface area contributed by atoms with Crippen LogP contribution in [0, 0.1) is 11.8 Å². The highest BCUT2D eigenvalue weighted by molar-refractivity contribution is 8.25. The number of carbonyl (C=O) groups is 5. The molecule has 3 aromatic carbocycles. The molecule has 330 valence electrons. The zero-order chi connectivity index (χ0) is 43.6. The van der Waals surface area contributed by atoms with E-state index in [1.165, 1.54) is 11.1 Å². The first-order chi connectivity index (χ1) is 30.1. The molecule has 1 atom stereocenters. The van der Waals surface area contributed by atoms with E-state index >= 15 is 0 Å². The molecule has 2 saturated carbocycles. The summed E-state index contributed by atoms with van der Waals surface area (Å²) in [6, 6.07) is 20.0. The van der Waals surface area contributed by atoms with Crippen LogP contribution in [-0.2, 0) is 54.3 Å². The van der Waals surface area contributed by atoms with Gasteiger partial charge in [-0.05, 0) is 111 Å². The van der Waals surface area contributed by atoms with E-state index in [1.807, 2.05) is 6.92 Å². The highest BCUT2D eigenvalue weighted by Gasteiger charge is 2.42. The molecule has 1 saturated heterocycles. The lowest BCUT2D eigenvalue weighted by molar-refractivity contribution is -0.153. The van der Waals surface area contributed by atoms with Crippen LogP contribution in [0.15, 0.2) is 70.5 Å². The van der Waals surface area contributed by atoms with Gasteiger partial charge in [-0.1, -0.05) is 82.1 Å². The van der Waals surface area contributed by atoms with Crippen molar-refractivity contribution >= 4 is 53.2 Å². The average molecular weight is 881 g/mol. The fourth-order valence-electron chi connectivity index (χ4n) is 9.15. The molecule has 1 heterocycles. The Hall–Kier alpha value is -4.35. The Kier molecular flexibility index (Phi) is 16.1. The van der Waals surface area contributed by atoms with Gasteiger partial charge < -0.3 is 18.9 Å². The van der Waals surface area contributed by atoms with Crippen LogP contribution in [0.1, 0.15) is 142 Å². The predicted molar refractivity (Wildman–Crippen MR) is 244 cm³/mol. The lowest BCUT2D eigenvalue weighted by atomic mass is 9.87. The molecule has 0 N–H and O–H groups in total. The summed E-state index contributed by atoms with van der Waals surface area (Å²) >= 11 is 3.31. The normalized spacial score (nSPS) is 22.2. The van der Waals surface area contributed by atoms with Gasteiger partial charge in [0.15, 0.2) is 5.78 Å². The Morgan fingerprint density at radius 2 is 0.968 bits per heavy atom. The minimum Gasteiger partial charge on any atom is -0.462 e. The van der Waals surface area contributed by atoms with Crippen LogP contribution in [0.3, 0.4) is 0 Å². The third-order valence-corrected chi connectivity index (χ3v) is 15.4. The molecular weight excluding hydrogens is 821 g/mol. The van der Waals surface area contributed by atoms with E-state index in [2.05, 4.69) is 62.4 Å². The van der Waals surface area contributed by atoms with Crippen molar-refractivity contribution < 1.29 is 42.9 Å². The minimum atomic E-state index is -0.419.